The van der Waals surface area contributed by atoms with Gasteiger partial charge in [0.2, 0.25) is 0 Å². The van der Waals surface area contributed by atoms with Crippen LogP contribution in [0.5, 0.6) is 0 Å². The molecular weight excluding hydrogens is 821 g/mol. The number of benzene rings is 4. The first-order valence-corrected chi connectivity index (χ1v) is 15.5. The molecule has 6 aromatic rings. The van der Waals surface area contributed by atoms with E-state index >= 15 is 0 Å². The van der Waals surface area contributed by atoms with Gasteiger partial charge >= 0.3 is 0 Å². The smallest absolute Gasteiger partial charge is 0.267 e. The molecule has 0 aliphatic carbocycles. The zero-order chi connectivity index (χ0) is 31.1. The molecule has 17 heteroatoms. The fraction of sp³-hybridized carbons (Fsp3) is 0.125. The lowest BCUT2D eigenvalue weighted by atomic mass is 9.95. The van der Waals surface area contributed by atoms with Crippen molar-refractivity contribution in [2.75, 3.05) is 0 Å². The molecular formula is C32H27BrCl6N8O2. The number of hydrogen-bond acceptors (Lipinski definition) is 7. The summed E-state index contributed by atoms with van der Waals surface area (Å²) < 4.78 is 4.14. The van der Waals surface area contributed by atoms with Gasteiger partial charge in [-0.2, -0.15) is 5.01 Å². The zero-order valence-electron chi connectivity index (χ0n) is 25.1. The zero-order valence-corrected chi connectivity index (χ0v) is 31.5. The Labute approximate surface area is 324 Å². The van der Waals surface area contributed by atoms with Gasteiger partial charge in [-0.3, -0.25) is 9.59 Å². The van der Waals surface area contributed by atoms with Crippen LogP contribution < -0.4 is 0 Å². The predicted molar refractivity (Wildman–Crippen MR) is 202 cm³/mol. The van der Waals surface area contributed by atoms with Gasteiger partial charge in [-0.1, -0.05) is 98.1 Å². The number of carbonyl (C=O) groups excluding carboxylic acids is 2. The van der Waals surface area contributed by atoms with Crippen LogP contribution in [0.3, 0.4) is 0 Å². The van der Waals surface area contributed by atoms with Crippen molar-refractivity contribution in [2.45, 2.75) is 26.2 Å². The van der Waals surface area contributed by atoms with Crippen LogP contribution in [0.15, 0.2) is 95.7 Å². The van der Waals surface area contributed by atoms with Crippen LogP contribution in [0.25, 0.3) is 10.8 Å². The molecule has 0 saturated carbocycles. The van der Waals surface area contributed by atoms with Crippen LogP contribution in [0.1, 0.15) is 43.2 Å². The molecule has 1 aliphatic heterocycles. The molecule has 0 unspecified atom stereocenters. The van der Waals surface area contributed by atoms with Crippen molar-refractivity contribution in [3.63, 3.8) is 0 Å². The second-order valence-electron chi connectivity index (χ2n) is 10.6. The van der Waals surface area contributed by atoms with Crippen LogP contribution >= 0.6 is 88.8 Å². The molecule has 2 aromatic heterocycles. The van der Waals surface area contributed by atoms with Gasteiger partial charge < -0.3 is 0 Å². The van der Waals surface area contributed by atoms with E-state index in [1.807, 2.05) is 66.7 Å². The first-order chi connectivity index (χ1) is 21.9. The Morgan fingerprint density at radius 2 is 1.12 bits per heavy atom. The third-order valence-corrected chi connectivity index (χ3v) is 8.99. The number of halogens is 7. The molecule has 2 amide bonds. The first kappa shape index (κ1) is 40.2. The minimum absolute atomic E-state index is 0. The summed E-state index contributed by atoms with van der Waals surface area (Å²) in [5.41, 5.74) is 3.73. The minimum atomic E-state index is -0.442. The van der Waals surface area contributed by atoms with Gasteiger partial charge in [0.25, 0.3) is 11.8 Å². The lowest BCUT2D eigenvalue weighted by Gasteiger charge is -2.35. The molecule has 7 rings (SSSR count). The van der Waals surface area contributed by atoms with Crippen molar-refractivity contribution in [1.82, 2.24) is 40.0 Å². The van der Waals surface area contributed by atoms with Gasteiger partial charge in [0.1, 0.15) is 0 Å². The number of amides is 2. The largest absolute Gasteiger partial charge is 0.276 e. The van der Waals surface area contributed by atoms with Crippen LogP contribution in [0.4, 0.5) is 0 Å². The van der Waals surface area contributed by atoms with Crippen molar-refractivity contribution in [2.24, 2.45) is 0 Å². The van der Waals surface area contributed by atoms with Crippen molar-refractivity contribution < 1.29 is 9.59 Å². The van der Waals surface area contributed by atoms with E-state index < -0.39 is 11.8 Å². The quantitative estimate of drug-likeness (QED) is 0.136. The van der Waals surface area contributed by atoms with Crippen LogP contribution in [-0.2, 0) is 26.2 Å². The van der Waals surface area contributed by atoms with E-state index in [1.54, 1.807) is 38.9 Å². The van der Waals surface area contributed by atoms with Crippen LogP contribution in [-0.4, -0.2) is 51.8 Å². The molecule has 256 valence electrons. The minimum Gasteiger partial charge on any atom is -0.267 e. The second-order valence-corrected chi connectivity index (χ2v) is 12.2. The van der Waals surface area contributed by atoms with E-state index in [4.69, 9.17) is 23.2 Å². The average molecular weight is 848 g/mol. The maximum Gasteiger partial charge on any atom is 0.276 e. The predicted octanol–water partition coefficient (Wildman–Crippen LogP) is 8.09. The number of carbonyl (C=O) groups is 2. The highest BCUT2D eigenvalue weighted by Crippen LogP contribution is 2.35. The molecule has 0 N–H and O–H groups in total. The number of rotatable bonds is 9. The number of nitrogens with zero attached hydrogens (tertiary/aromatic N) is 8. The first-order valence-electron chi connectivity index (χ1n) is 14.0. The van der Waals surface area contributed by atoms with Crippen molar-refractivity contribution >= 4 is 111 Å². The SMILES string of the molecule is Cl.Cl.Cl.Cl.O=C1c2cccc3c(Br)ccc(c23)C(=O)N1N(Cc1cn(Cc2ccccc2Cl)nn1)Cc1cn(Cc2ccccc2Cl)nn1. The summed E-state index contributed by atoms with van der Waals surface area (Å²) >= 11 is 16.3. The van der Waals surface area contributed by atoms with Crippen molar-refractivity contribution in [3.05, 3.63) is 139 Å². The summed E-state index contributed by atoms with van der Waals surface area (Å²) in [6.45, 7) is 1.02. The molecule has 10 nitrogen and oxygen atoms in total. The Morgan fingerprint density at radius 1 is 0.633 bits per heavy atom. The number of imide groups is 1. The maximum absolute atomic E-state index is 14.1. The third kappa shape index (κ3) is 8.22. The number of hydrazine groups is 1. The van der Waals surface area contributed by atoms with Gasteiger partial charge in [0, 0.05) is 19.9 Å². The van der Waals surface area contributed by atoms with Crippen molar-refractivity contribution in [3.8, 4) is 0 Å². The number of aromatic nitrogens is 6. The van der Waals surface area contributed by atoms with Gasteiger partial charge in [-0.15, -0.1) is 59.8 Å². The highest BCUT2D eigenvalue weighted by molar-refractivity contribution is 9.10. The molecule has 49 heavy (non-hydrogen) atoms. The Balaban J connectivity index is 0.00000163. The normalized spacial score (nSPS) is 11.9. The second kappa shape index (κ2) is 17.1. The molecule has 4 aromatic carbocycles. The summed E-state index contributed by atoms with van der Waals surface area (Å²) in [7, 11) is 0. The fourth-order valence-electron chi connectivity index (χ4n) is 5.46. The van der Waals surface area contributed by atoms with E-state index in [1.165, 1.54) is 5.01 Å². The lowest BCUT2D eigenvalue weighted by Crippen LogP contribution is -2.51. The fourth-order valence-corrected chi connectivity index (χ4v) is 6.31. The molecule has 0 fully saturated rings. The molecule has 0 saturated heterocycles. The van der Waals surface area contributed by atoms with Gasteiger partial charge in [0.15, 0.2) is 0 Å². The lowest BCUT2D eigenvalue weighted by molar-refractivity contribution is -0.0130. The summed E-state index contributed by atoms with van der Waals surface area (Å²) in [6, 6.07) is 24.0. The van der Waals surface area contributed by atoms with Gasteiger partial charge in [-0.05, 0) is 46.8 Å². The van der Waals surface area contributed by atoms with Gasteiger partial charge in [0.05, 0.1) is 61.1 Å². The maximum atomic E-state index is 14.1. The van der Waals surface area contributed by atoms with E-state index in [9.17, 15) is 9.59 Å². The van der Waals surface area contributed by atoms with E-state index in [2.05, 4.69) is 36.6 Å². The summed E-state index contributed by atoms with van der Waals surface area (Å²) in [5.74, 6) is -0.883. The summed E-state index contributed by atoms with van der Waals surface area (Å²) in [5, 5.41) is 22.7. The third-order valence-electron chi connectivity index (χ3n) is 7.56. The van der Waals surface area contributed by atoms with E-state index in [0.717, 1.165) is 21.0 Å². The standard InChI is InChI=1S/C32H23BrCl2N8O2.4ClH/c33-27-13-12-26-30-24(27)8-5-9-25(30)31(44)43(32(26)45)42(18-22-16-40(38-36-22)14-20-6-1-3-10-28(20)34)19-23-17-41(39-37-23)15-21-7-2-4-11-29(21)35;;;;/h1-13,16-17H,14-15,18-19H2;4*1H. The molecule has 3 heterocycles. The van der Waals surface area contributed by atoms with Gasteiger partial charge in [-0.25, -0.2) is 14.4 Å². The number of hydrogen-bond donors (Lipinski definition) is 0. The summed E-state index contributed by atoms with van der Waals surface area (Å²) in [4.78, 5) is 28.1. The molecule has 0 bridgehead atoms. The topological polar surface area (TPSA) is 102 Å². The Hall–Kier alpha value is -3.26. The van der Waals surface area contributed by atoms with Crippen LogP contribution in [0.2, 0.25) is 10.0 Å². The molecule has 1 aliphatic rings. The average Bonchev–Trinajstić information content (AvgIpc) is 3.68. The van der Waals surface area contributed by atoms with Crippen molar-refractivity contribution in [1.29, 1.82) is 0 Å². The Kier molecular flexibility index (Phi) is 14.0. The highest BCUT2D eigenvalue weighted by atomic mass is 79.9. The molecule has 0 spiro atoms. The monoisotopic (exact) mass is 844 g/mol. The molecule has 0 radical (unpaired) electrons. The Bertz CT molecular complexity index is 2000. The van der Waals surface area contributed by atoms with E-state index in [0.29, 0.717) is 51.0 Å². The highest BCUT2D eigenvalue weighted by Gasteiger charge is 2.38. The van der Waals surface area contributed by atoms with E-state index in [-0.39, 0.29) is 62.7 Å². The Morgan fingerprint density at radius 3 is 1.63 bits per heavy atom. The molecule has 0 atom stereocenters. The summed E-state index contributed by atoms with van der Waals surface area (Å²) in [6.07, 6.45) is 3.55. The van der Waals surface area contributed by atoms with Crippen LogP contribution in [0, 0.1) is 0 Å².